The number of aliphatic hydroxyl groups is 2. The van der Waals surface area contributed by atoms with Crippen molar-refractivity contribution in [2.45, 2.75) is 19.1 Å². The molecule has 0 aliphatic heterocycles. The molecule has 1 aromatic carbocycles. The molecule has 0 spiro atoms. The average molecular weight is 253 g/mol. The Bertz CT molecular complexity index is 419. The van der Waals surface area contributed by atoms with Crippen LogP contribution in [0.5, 0.6) is 0 Å². The Balaban J connectivity index is 2.68. The fraction of sp³-hybridized carbons (Fsp3) is 0.417. The summed E-state index contributed by atoms with van der Waals surface area (Å²) in [6.07, 6.45) is 0. The molecule has 0 aromatic heterocycles. The highest BCUT2D eigenvalue weighted by Gasteiger charge is 2.18. The van der Waals surface area contributed by atoms with Crippen molar-refractivity contribution in [3.05, 3.63) is 35.4 Å². The lowest BCUT2D eigenvalue weighted by atomic mass is 10.1. The maximum atomic E-state index is 9.62. The largest absolute Gasteiger partial charge is 0.409 e. The lowest BCUT2D eigenvalue weighted by Gasteiger charge is -2.21. The van der Waals surface area contributed by atoms with E-state index in [4.69, 9.17) is 16.0 Å². The second-order valence-corrected chi connectivity index (χ2v) is 4.40. The van der Waals surface area contributed by atoms with Crippen LogP contribution in [-0.4, -0.2) is 40.0 Å². The molecule has 1 rings (SSSR count). The van der Waals surface area contributed by atoms with Gasteiger partial charge >= 0.3 is 0 Å². The van der Waals surface area contributed by atoms with Gasteiger partial charge in [-0.15, -0.1) is 0 Å². The van der Waals surface area contributed by atoms with Gasteiger partial charge in [0.25, 0.3) is 0 Å². The molecule has 6 heteroatoms. The van der Waals surface area contributed by atoms with Gasteiger partial charge in [-0.25, -0.2) is 0 Å². The van der Waals surface area contributed by atoms with Crippen LogP contribution >= 0.6 is 0 Å². The molecule has 0 saturated carbocycles. The summed E-state index contributed by atoms with van der Waals surface area (Å²) >= 11 is 0. The normalized spacial score (nSPS) is 15.4. The van der Waals surface area contributed by atoms with Crippen LogP contribution in [0.25, 0.3) is 0 Å². The first-order chi connectivity index (χ1) is 8.50. The number of hydrogen-bond acceptors (Lipinski definition) is 5. The first-order valence-corrected chi connectivity index (χ1v) is 5.60. The molecular weight excluding hydrogens is 234 g/mol. The van der Waals surface area contributed by atoms with Gasteiger partial charge in [-0.2, -0.15) is 0 Å². The minimum Gasteiger partial charge on any atom is -0.409 e. The molecule has 0 aliphatic carbocycles. The molecule has 0 heterocycles. The molecule has 0 bridgehead atoms. The lowest BCUT2D eigenvalue weighted by molar-refractivity contribution is 0.00253. The fourth-order valence-corrected chi connectivity index (χ4v) is 1.50. The van der Waals surface area contributed by atoms with Gasteiger partial charge in [0.15, 0.2) is 5.84 Å². The van der Waals surface area contributed by atoms with Crippen LogP contribution in [0.1, 0.15) is 18.1 Å². The summed E-state index contributed by atoms with van der Waals surface area (Å²) < 4.78 is 0. The van der Waals surface area contributed by atoms with Crippen LogP contribution in [0.3, 0.4) is 0 Å². The van der Waals surface area contributed by atoms with Crippen LogP contribution in [0, 0.1) is 0 Å². The van der Waals surface area contributed by atoms with Gasteiger partial charge in [0.2, 0.25) is 0 Å². The molecular formula is C12H19N3O3. The zero-order valence-electron chi connectivity index (χ0n) is 10.3. The zero-order chi connectivity index (χ0) is 13.6. The maximum absolute atomic E-state index is 9.62. The molecule has 6 nitrogen and oxygen atoms in total. The van der Waals surface area contributed by atoms with Crippen molar-refractivity contribution in [1.29, 1.82) is 0 Å². The van der Waals surface area contributed by atoms with Crippen molar-refractivity contribution >= 4 is 5.84 Å². The number of nitrogens with two attached hydrogens (primary N) is 1. The molecule has 0 radical (unpaired) electrons. The Morgan fingerprint density at radius 2 is 2.11 bits per heavy atom. The molecule has 18 heavy (non-hydrogen) atoms. The Kier molecular flexibility index (Phi) is 5.08. The van der Waals surface area contributed by atoms with Crippen molar-refractivity contribution in [3.8, 4) is 0 Å². The van der Waals surface area contributed by atoms with Gasteiger partial charge in [0, 0.05) is 18.7 Å². The first-order valence-electron chi connectivity index (χ1n) is 5.60. The standard InChI is InChI=1S/C12H19N3O3/c1-12(17,8-16)7-14-6-9-4-2-3-5-10(9)11(13)15-18/h2-5,14,16-18H,6-8H2,1H3,(H2,13,15). The Morgan fingerprint density at radius 1 is 1.44 bits per heavy atom. The van der Waals surface area contributed by atoms with Crippen LogP contribution < -0.4 is 11.1 Å². The summed E-state index contributed by atoms with van der Waals surface area (Å²) in [6.45, 7) is 1.91. The molecule has 0 saturated heterocycles. The SMILES string of the molecule is CC(O)(CO)CNCc1ccccc1C(N)=NO. The van der Waals surface area contributed by atoms with E-state index in [1.54, 1.807) is 12.1 Å². The smallest absolute Gasteiger partial charge is 0.170 e. The summed E-state index contributed by atoms with van der Waals surface area (Å²) in [7, 11) is 0. The van der Waals surface area contributed by atoms with Gasteiger partial charge in [-0.1, -0.05) is 29.4 Å². The molecule has 1 unspecified atom stereocenters. The molecule has 1 aromatic rings. The number of aliphatic hydroxyl groups excluding tert-OH is 1. The Hall–Kier alpha value is -1.63. The van der Waals surface area contributed by atoms with Crippen LogP contribution in [0.2, 0.25) is 0 Å². The summed E-state index contributed by atoms with van der Waals surface area (Å²) in [5, 5.41) is 33.2. The van der Waals surface area contributed by atoms with Crippen molar-refractivity contribution < 1.29 is 15.4 Å². The Morgan fingerprint density at radius 3 is 2.72 bits per heavy atom. The van der Waals surface area contributed by atoms with E-state index in [9.17, 15) is 5.11 Å². The van der Waals surface area contributed by atoms with Crippen molar-refractivity contribution in [1.82, 2.24) is 5.32 Å². The van der Waals surface area contributed by atoms with E-state index >= 15 is 0 Å². The minimum atomic E-state index is -1.16. The van der Waals surface area contributed by atoms with E-state index < -0.39 is 5.60 Å². The number of benzene rings is 1. The molecule has 1 atom stereocenters. The third-order valence-electron chi connectivity index (χ3n) is 2.56. The summed E-state index contributed by atoms with van der Waals surface area (Å²) in [6, 6.07) is 7.22. The van der Waals surface area contributed by atoms with Gasteiger partial charge in [0.05, 0.1) is 12.2 Å². The highest BCUT2D eigenvalue weighted by Crippen LogP contribution is 2.08. The van der Waals surface area contributed by atoms with Crippen LogP contribution in [0.4, 0.5) is 0 Å². The Labute approximate surface area is 106 Å². The highest BCUT2D eigenvalue weighted by atomic mass is 16.4. The number of nitrogens with one attached hydrogen (secondary N) is 1. The predicted molar refractivity (Wildman–Crippen MR) is 68.4 cm³/mol. The highest BCUT2D eigenvalue weighted by molar-refractivity contribution is 5.98. The molecule has 100 valence electrons. The second-order valence-electron chi connectivity index (χ2n) is 4.40. The van der Waals surface area contributed by atoms with Crippen molar-refractivity contribution in [3.63, 3.8) is 0 Å². The van der Waals surface area contributed by atoms with E-state index in [1.165, 1.54) is 6.92 Å². The summed E-state index contributed by atoms with van der Waals surface area (Å²) in [5.41, 5.74) is 5.88. The first kappa shape index (κ1) is 14.4. The van der Waals surface area contributed by atoms with Crippen LogP contribution in [0.15, 0.2) is 29.4 Å². The molecule has 6 N–H and O–H groups in total. The van der Waals surface area contributed by atoms with E-state index in [1.807, 2.05) is 12.1 Å². The van der Waals surface area contributed by atoms with Gasteiger partial charge < -0.3 is 26.5 Å². The minimum absolute atomic E-state index is 0.0429. The fourth-order valence-electron chi connectivity index (χ4n) is 1.50. The molecule has 0 aliphatic rings. The van der Waals surface area contributed by atoms with Crippen LogP contribution in [-0.2, 0) is 6.54 Å². The molecule has 0 amide bonds. The number of rotatable bonds is 6. The number of amidine groups is 1. The topological polar surface area (TPSA) is 111 Å². The zero-order valence-corrected chi connectivity index (χ0v) is 10.3. The number of hydrogen-bond donors (Lipinski definition) is 5. The molecule has 0 fully saturated rings. The second kappa shape index (κ2) is 6.34. The average Bonchev–Trinajstić information content (AvgIpc) is 2.38. The van der Waals surface area contributed by atoms with E-state index in [2.05, 4.69) is 10.5 Å². The van der Waals surface area contributed by atoms with E-state index in [0.717, 1.165) is 5.56 Å². The summed E-state index contributed by atoms with van der Waals surface area (Å²) in [4.78, 5) is 0. The third-order valence-corrected chi connectivity index (χ3v) is 2.56. The van der Waals surface area contributed by atoms with E-state index in [-0.39, 0.29) is 19.0 Å². The van der Waals surface area contributed by atoms with Gasteiger partial charge in [0.1, 0.15) is 0 Å². The monoisotopic (exact) mass is 253 g/mol. The van der Waals surface area contributed by atoms with Crippen molar-refractivity contribution in [2.75, 3.05) is 13.2 Å². The lowest BCUT2D eigenvalue weighted by Crippen LogP contribution is -2.40. The van der Waals surface area contributed by atoms with Crippen molar-refractivity contribution in [2.24, 2.45) is 10.9 Å². The number of nitrogens with zero attached hydrogens (tertiary/aromatic N) is 1. The van der Waals surface area contributed by atoms with Gasteiger partial charge in [-0.3, -0.25) is 0 Å². The quantitative estimate of drug-likeness (QED) is 0.205. The third kappa shape index (κ3) is 3.99. The summed E-state index contributed by atoms with van der Waals surface area (Å²) in [5.74, 6) is 0.0429. The van der Waals surface area contributed by atoms with Gasteiger partial charge in [-0.05, 0) is 12.5 Å². The van der Waals surface area contributed by atoms with E-state index in [0.29, 0.717) is 12.1 Å². The number of oxime groups is 1. The predicted octanol–water partition coefficient (Wildman–Crippen LogP) is -0.386. The maximum Gasteiger partial charge on any atom is 0.170 e.